The Kier molecular flexibility index (Phi) is 3.01. The molecule has 1 N–H and O–H groups in total. The Morgan fingerprint density at radius 3 is 3.00 bits per heavy atom. The van der Waals surface area contributed by atoms with Crippen molar-refractivity contribution >= 4 is 16.5 Å². The fourth-order valence-electron chi connectivity index (χ4n) is 1.21. The van der Waals surface area contributed by atoms with Crippen LogP contribution in [0, 0.1) is 6.92 Å². The van der Waals surface area contributed by atoms with Crippen LogP contribution in [0.1, 0.15) is 24.1 Å². The monoisotopic (exact) mass is 223 g/mol. The van der Waals surface area contributed by atoms with Crippen molar-refractivity contribution in [2.45, 2.75) is 26.8 Å². The van der Waals surface area contributed by atoms with Crippen LogP contribution in [-0.2, 0) is 13.0 Å². The molecule has 2 rings (SSSR count). The molecule has 0 aromatic carbocycles. The van der Waals surface area contributed by atoms with Gasteiger partial charge in [-0.1, -0.05) is 12.1 Å². The lowest BCUT2D eigenvalue weighted by atomic mass is 10.4. The SMILES string of the molecule is CCc1csc(NCc2cc(C)no2)n1. The molecule has 0 radical (unpaired) electrons. The number of thiazole rings is 1. The van der Waals surface area contributed by atoms with Gasteiger partial charge in [0.1, 0.15) is 0 Å². The van der Waals surface area contributed by atoms with Crippen molar-refractivity contribution in [2.75, 3.05) is 5.32 Å². The van der Waals surface area contributed by atoms with Gasteiger partial charge in [-0.25, -0.2) is 4.98 Å². The third-order valence-corrected chi connectivity index (χ3v) is 2.85. The summed E-state index contributed by atoms with van der Waals surface area (Å²) in [5.74, 6) is 0.834. The van der Waals surface area contributed by atoms with Gasteiger partial charge in [0.2, 0.25) is 0 Å². The maximum Gasteiger partial charge on any atom is 0.183 e. The van der Waals surface area contributed by atoms with Gasteiger partial charge in [-0.05, 0) is 13.3 Å². The first kappa shape index (κ1) is 10.2. The highest BCUT2D eigenvalue weighted by Gasteiger charge is 2.03. The number of nitrogens with one attached hydrogen (secondary N) is 1. The molecule has 0 amide bonds. The minimum absolute atomic E-state index is 0.636. The maximum atomic E-state index is 5.08. The second-order valence-corrected chi connectivity index (χ2v) is 4.14. The van der Waals surface area contributed by atoms with Gasteiger partial charge < -0.3 is 9.84 Å². The minimum Gasteiger partial charge on any atom is -0.359 e. The first-order chi connectivity index (χ1) is 7.28. The Morgan fingerprint density at radius 2 is 2.40 bits per heavy atom. The van der Waals surface area contributed by atoms with Gasteiger partial charge in [0.05, 0.1) is 17.9 Å². The lowest BCUT2D eigenvalue weighted by Crippen LogP contribution is -1.97. The molecule has 2 aromatic heterocycles. The van der Waals surface area contributed by atoms with Crippen LogP contribution in [-0.4, -0.2) is 10.1 Å². The van der Waals surface area contributed by atoms with Crippen LogP contribution in [0.25, 0.3) is 0 Å². The van der Waals surface area contributed by atoms with Crippen molar-refractivity contribution in [3.8, 4) is 0 Å². The molecular weight excluding hydrogens is 210 g/mol. The van der Waals surface area contributed by atoms with Crippen LogP contribution in [0.4, 0.5) is 5.13 Å². The second-order valence-electron chi connectivity index (χ2n) is 3.29. The van der Waals surface area contributed by atoms with E-state index >= 15 is 0 Å². The van der Waals surface area contributed by atoms with E-state index in [4.69, 9.17) is 4.52 Å². The van der Waals surface area contributed by atoms with Crippen molar-refractivity contribution in [2.24, 2.45) is 0 Å². The van der Waals surface area contributed by atoms with Gasteiger partial charge in [-0.15, -0.1) is 11.3 Å². The summed E-state index contributed by atoms with van der Waals surface area (Å²) in [4.78, 5) is 4.40. The topological polar surface area (TPSA) is 51.0 Å². The third kappa shape index (κ3) is 2.56. The van der Waals surface area contributed by atoms with Gasteiger partial charge in [0.15, 0.2) is 10.9 Å². The van der Waals surface area contributed by atoms with Crippen molar-refractivity contribution in [1.82, 2.24) is 10.1 Å². The molecule has 2 heterocycles. The Bertz CT molecular complexity index is 435. The zero-order valence-electron chi connectivity index (χ0n) is 8.78. The standard InChI is InChI=1S/C10H13N3OS/c1-3-8-6-15-10(12-8)11-5-9-4-7(2)13-14-9/h4,6H,3,5H2,1-2H3,(H,11,12). The molecule has 0 atom stereocenters. The van der Waals surface area contributed by atoms with Gasteiger partial charge in [0.25, 0.3) is 0 Å². The lowest BCUT2D eigenvalue weighted by Gasteiger charge is -1.96. The summed E-state index contributed by atoms with van der Waals surface area (Å²) < 4.78 is 5.08. The van der Waals surface area contributed by atoms with Crippen molar-refractivity contribution in [3.05, 3.63) is 28.6 Å². The van der Waals surface area contributed by atoms with Crippen molar-refractivity contribution < 1.29 is 4.52 Å². The van der Waals surface area contributed by atoms with E-state index in [-0.39, 0.29) is 0 Å². The summed E-state index contributed by atoms with van der Waals surface area (Å²) in [6, 6.07) is 1.92. The molecule has 0 aliphatic rings. The highest BCUT2D eigenvalue weighted by Crippen LogP contribution is 2.16. The molecular formula is C10H13N3OS. The molecule has 0 spiro atoms. The summed E-state index contributed by atoms with van der Waals surface area (Å²) in [6.07, 6.45) is 0.972. The van der Waals surface area contributed by atoms with E-state index in [1.807, 2.05) is 13.0 Å². The fourth-order valence-corrected chi connectivity index (χ4v) is 2.01. The molecule has 2 aromatic rings. The van der Waals surface area contributed by atoms with E-state index in [9.17, 15) is 0 Å². The molecule has 0 aliphatic heterocycles. The van der Waals surface area contributed by atoms with Gasteiger partial charge >= 0.3 is 0 Å². The summed E-state index contributed by atoms with van der Waals surface area (Å²) >= 11 is 1.62. The molecule has 5 heteroatoms. The van der Waals surface area contributed by atoms with Crippen LogP contribution in [0.15, 0.2) is 16.0 Å². The third-order valence-electron chi connectivity index (χ3n) is 2.00. The van der Waals surface area contributed by atoms with Gasteiger partial charge in [-0.3, -0.25) is 0 Å². The Morgan fingerprint density at radius 1 is 1.53 bits per heavy atom. The number of hydrogen-bond acceptors (Lipinski definition) is 5. The Hall–Kier alpha value is -1.36. The first-order valence-corrected chi connectivity index (χ1v) is 5.76. The van der Waals surface area contributed by atoms with Crippen molar-refractivity contribution in [3.63, 3.8) is 0 Å². The van der Waals surface area contributed by atoms with Crippen LogP contribution in [0.5, 0.6) is 0 Å². The van der Waals surface area contributed by atoms with E-state index in [0.717, 1.165) is 28.7 Å². The Labute approximate surface area is 92.3 Å². The van der Waals surface area contributed by atoms with E-state index < -0.39 is 0 Å². The summed E-state index contributed by atoms with van der Waals surface area (Å²) in [6.45, 7) is 4.64. The number of hydrogen-bond donors (Lipinski definition) is 1. The fraction of sp³-hybridized carbons (Fsp3) is 0.400. The predicted molar refractivity (Wildman–Crippen MR) is 60.1 cm³/mol. The molecule has 0 unspecified atom stereocenters. The largest absolute Gasteiger partial charge is 0.359 e. The average molecular weight is 223 g/mol. The first-order valence-electron chi connectivity index (χ1n) is 4.88. The molecule has 0 bridgehead atoms. The molecule has 80 valence electrons. The van der Waals surface area contributed by atoms with E-state index in [2.05, 4.69) is 27.8 Å². The van der Waals surface area contributed by atoms with Crippen LogP contribution in [0.2, 0.25) is 0 Å². The zero-order chi connectivity index (χ0) is 10.7. The van der Waals surface area contributed by atoms with Crippen LogP contribution >= 0.6 is 11.3 Å². The smallest absolute Gasteiger partial charge is 0.183 e. The summed E-state index contributed by atoms with van der Waals surface area (Å²) in [5.41, 5.74) is 2.02. The van der Waals surface area contributed by atoms with Crippen LogP contribution < -0.4 is 5.32 Å². The second kappa shape index (κ2) is 4.44. The lowest BCUT2D eigenvalue weighted by molar-refractivity contribution is 0.384. The highest BCUT2D eigenvalue weighted by molar-refractivity contribution is 7.13. The molecule has 0 fully saturated rings. The molecule has 15 heavy (non-hydrogen) atoms. The molecule has 0 saturated heterocycles. The van der Waals surface area contributed by atoms with Crippen LogP contribution in [0.3, 0.4) is 0 Å². The quantitative estimate of drug-likeness (QED) is 0.865. The maximum absolute atomic E-state index is 5.08. The average Bonchev–Trinajstić information content (AvgIpc) is 2.83. The summed E-state index contributed by atoms with van der Waals surface area (Å²) in [7, 11) is 0. The molecule has 0 saturated carbocycles. The Balaban J connectivity index is 1.93. The number of anilines is 1. The van der Waals surface area contributed by atoms with E-state index in [0.29, 0.717) is 6.54 Å². The van der Waals surface area contributed by atoms with E-state index in [1.54, 1.807) is 11.3 Å². The number of aromatic nitrogens is 2. The number of rotatable bonds is 4. The molecule has 4 nitrogen and oxygen atoms in total. The van der Waals surface area contributed by atoms with Crippen molar-refractivity contribution in [1.29, 1.82) is 0 Å². The molecule has 0 aliphatic carbocycles. The van der Waals surface area contributed by atoms with E-state index in [1.165, 1.54) is 0 Å². The van der Waals surface area contributed by atoms with Gasteiger partial charge in [-0.2, -0.15) is 0 Å². The minimum atomic E-state index is 0.636. The predicted octanol–water partition coefficient (Wildman–Crippen LogP) is 2.61. The zero-order valence-corrected chi connectivity index (χ0v) is 9.60. The normalized spacial score (nSPS) is 10.5. The number of aryl methyl sites for hydroxylation is 2. The number of nitrogens with zero attached hydrogens (tertiary/aromatic N) is 2. The highest BCUT2D eigenvalue weighted by atomic mass is 32.1. The van der Waals surface area contributed by atoms with Gasteiger partial charge in [0, 0.05) is 11.4 Å². The summed E-state index contributed by atoms with van der Waals surface area (Å²) in [5, 5.41) is 10.0.